The average molecular weight is 363 g/mol. The highest BCUT2D eigenvalue weighted by Crippen LogP contribution is 2.32. The van der Waals surface area contributed by atoms with Crippen molar-refractivity contribution in [3.8, 4) is 17.2 Å². The maximum Gasteiger partial charge on any atom is 0.319 e. The molecule has 7 heteroatoms. The van der Waals surface area contributed by atoms with Crippen LogP contribution in [0.25, 0.3) is 0 Å². The lowest BCUT2D eigenvalue weighted by Gasteiger charge is -2.11. The maximum atomic E-state index is 11.9. The van der Waals surface area contributed by atoms with E-state index in [9.17, 15) is 4.79 Å². The van der Waals surface area contributed by atoms with Gasteiger partial charge in [0.1, 0.15) is 12.4 Å². The quantitative estimate of drug-likeness (QED) is 0.796. The molecule has 0 aromatic heterocycles. The third-order valence-corrected chi connectivity index (χ3v) is 3.73. The lowest BCUT2D eigenvalue weighted by molar-refractivity contribution is 0.247. The molecule has 1 heterocycles. The first-order valence-corrected chi connectivity index (χ1v) is 8.41. The Labute approximate surface area is 151 Å². The van der Waals surface area contributed by atoms with Gasteiger partial charge in [0.25, 0.3) is 0 Å². The first-order valence-electron chi connectivity index (χ1n) is 8.03. The van der Waals surface area contributed by atoms with Crippen LogP contribution in [-0.4, -0.2) is 32.4 Å². The van der Waals surface area contributed by atoms with Crippen molar-refractivity contribution in [3.05, 3.63) is 47.5 Å². The molecule has 6 nitrogen and oxygen atoms in total. The van der Waals surface area contributed by atoms with Crippen LogP contribution in [0.2, 0.25) is 5.02 Å². The van der Waals surface area contributed by atoms with Gasteiger partial charge in [-0.2, -0.15) is 0 Å². The number of amides is 2. The molecule has 1 aliphatic rings. The second-order valence-corrected chi connectivity index (χ2v) is 5.83. The summed E-state index contributed by atoms with van der Waals surface area (Å²) in [6.45, 7) is 1.97. The minimum absolute atomic E-state index is 0.311. The summed E-state index contributed by atoms with van der Waals surface area (Å²) in [5, 5.41) is 6.14. The second kappa shape index (κ2) is 8.48. The summed E-state index contributed by atoms with van der Waals surface area (Å²) in [7, 11) is 0. The topological polar surface area (TPSA) is 68.8 Å². The fourth-order valence-electron chi connectivity index (χ4n) is 2.28. The molecule has 0 unspecified atom stereocenters. The molecule has 0 aliphatic carbocycles. The number of carbonyl (C=O) groups excluding carboxylic acids is 1. The van der Waals surface area contributed by atoms with Gasteiger partial charge in [-0.25, -0.2) is 4.79 Å². The van der Waals surface area contributed by atoms with Crippen molar-refractivity contribution in [1.82, 2.24) is 5.32 Å². The minimum atomic E-state index is -0.311. The van der Waals surface area contributed by atoms with Crippen LogP contribution in [0.3, 0.4) is 0 Å². The van der Waals surface area contributed by atoms with Gasteiger partial charge in [-0.05, 0) is 36.4 Å². The smallest absolute Gasteiger partial charge is 0.319 e. The van der Waals surface area contributed by atoms with E-state index in [0.29, 0.717) is 54.3 Å². The summed E-state index contributed by atoms with van der Waals surface area (Å²) in [4.78, 5) is 11.9. The van der Waals surface area contributed by atoms with E-state index in [2.05, 4.69) is 10.6 Å². The summed E-state index contributed by atoms with van der Waals surface area (Å²) in [6, 6.07) is 12.1. The lowest BCUT2D eigenvalue weighted by Crippen LogP contribution is -2.32. The number of nitrogens with one attached hydrogen (secondary N) is 2. The van der Waals surface area contributed by atoms with Crippen molar-refractivity contribution in [2.24, 2.45) is 0 Å². The zero-order valence-corrected chi connectivity index (χ0v) is 14.3. The molecular formula is C18H19ClN2O4. The lowest BCUT2D eigenvalue weighted by atomic mass is 10.3. The second-order valence-electron chi connectivity index (χ2n) is 5.40. The minimum Gasteiger partial charge on any atom is -0.492 e. The normalized spacial score (nSPS) is 12.8. The Morgan fingerprint density at radius 2 is 1.84 bits per heavy atom. The molecule has 0 saturated carbocycles. The van der Waals surface area contributed by atoms with Gasteiger partial charge < -0.3 is 24.8 Å². The molecule has 0 radical (unpaired) electrons. The molecule has 2 aromatic rings. The molecule has 25 heavy (non-hydrogen) atoms. The summed E-state index contributed by atoms with van der Waals surface area (Å²) in [5.74, 6) is 2.04. The van der Waals surface area contributed by atoms with Crippen molar-refractivity contribution in [2.75, 3.05) is 31.7 Å². The molecule has 0 saturated heterocycles. The monoisotopic (exact) mass is 362 g/mol. The van der Waals surface area contributed by atoms with Crippen molar-refractivity contribution in [1.29, 1.82) is 0 Å². The van der Waals surface area contributed by atoms with E-state index in [1.807, 2.05) is 0 Å². The third-order valence-electron chi connectivity index (χ3n) is 3.48. The number of hydrogen-bond acceptors (Lipinski definition) is 4. The fourth-order valence-corrected chi connectivity index (χ4v) is 2.41. The van der Waals surface area contributed by atoms with Crippen molar-refractivity contribution >= 4 is 23.3 Å². The van der Waals surface area contributed by atoms with E-state index in [1.165, 1.54) is 0 Å². The largest absolute Gasteiger partial charge is 0.492 e. The highest BCUT2D eigenvalue weighted by Gasteiger charge is 2.11. The van der Waals surface area contributed by atoms with E-state index in [0.717, 1.165) is 6.42 Å². The van der Waals surface area contributed by atoms with Crippen LogP contribution < -0.4 is 24.8 Å². The summed E-state index contributed by atoms with van der Waals surface area (Å²) < 4.78 is 16.7. The van der Waals surface area contributed by atoms with E-state index in [1.54, 1.807) is 42.5 Å². The van der Waals surface area contributed by atoms with Crippen molar-refractivity contribution in [2.45, 2.75) is 6.42 Å². The highest BCUT2D eigenvalue weighted by molar-refractivity contribution is 6.30. The molecule has 2 aromatic carbocycles. The summed E-state index contributed by atoms with van der Waals surface area (Å²) in [6.07, 6.45) is 0.839. The molecule has 3 rings (SSSR count). The van der Waals surface area contributed by atoms with Gasteiger partial charge in [-0.3, -0.25) is 0 Å². The molecule has 0 bridgehead atoms. The standard InChI is InChI=1S/C18H19ClN2O4/c19-13-2-5-15(6-3-13)23-11-8-20-18(22)21-14-4-7-16-17(12-14)25-10-1-9-24-16/h2-7,12H,1,8-11H2,(H2,20,21,22). The summed E-state index contributed by atoms with van der Waals surface area (Å²) >= 11 is 5.81. The van der Waals surface area contributed by atoms with Crippen LogP contribution in [0.15, 0.2) is 42.5 Å². The summed E-state index contributed by atoms with van der Waals surface area (Å²) in [5.41, 5.74) is 0.639. The number of halogens is 1. The molecule has 2 amide bonds. The maximum absolute atomic E-state index is 11.9. The number of fused-ring (bicyclic) bond motifs is 1. The number of hydrogen-bond donors (Lipinski definition) is 2. The van der Waals surface area contributed by atoms with Crippen LogP contribution in [-0.2, 0) is 0 Å². The predicted molar refractivity (Wildman–Crippen MR) is 96.0 cm³/mol. The first kappa shape index (κ1) is 17.2. The van der Waals surface area contributed by atoms with Gasteiger partial charge in [-0.15, -0.1) is 0 Å². The van der Waals surface area contributed by atoms with E-state index < -0.39 is 0 Å². The Hall–Kier alpha value is -2.60. The van der Waals surface area contributed by atoms with Crippen LogP contribution in [0.1, 0.15) is 6.42 Å². The SMILES string of the molecule is O=C(NCCOc1ccc(Cl)cc1)Nc1ccc2c(c1)OCCCO2. The predicted octanol–water partition coefficient (Wildman–Crippen LogP) is 3.70. The van der Waals surface area contributed by atoms with Crippen LogP contribution in [0.4, 0.5) is 10.5 Å². The average Bonchev–Trinajstić information content (AvgIpc) is 2.85. The van der Waals surface area contributed by atoms with Crippen molar-refractivity contribution in [3.63, 3.8) is 0 Å². The van der Waals surface area contributed by atoms with Crippen LogP contribution in [0.5, 0.6) is 17.2 Å². The Morgan fingerprint density at radius 3 is 2.64 bits per heavy atom. The molecule has 0 spiro atoms. The van der Waals surface area contributed by atoms with Crippen LogP contribution >= 0.6 is 11.6 Å². The first-order chi connectivity index (χ1) is 12.2. The van der Waals surface area contributed by atoms with Gasteiger partial charge in [0, 0.05) is 23.2 Å². The number of carbonyl (C=O) groups is 1. The van der Waals surface area contributed by atoms with E-state index >= 15 is 0 Å². The number of ether oxygens (including phenoxy) is 3. The van der Waals surface area contributed by atoms with Gasteiger partial charge in [-0.1, -0.05) is 11.6 Å². The number of benzene rings is 2. The van der Waals surface area contributed by atoms with E-state index in [4.69, 9.17) is 25.8 Å². The zero-order chi connectivity index (χ0) is 17.5. The molecule has 2 N–H and O–H groups in total. The fraction of sp³-hybridized carbons (Fsp3) is 0.278. The number of anilines is 1. The Kier molecular flexibility index (Phi) is 5.85. The van der Waals surface area contributed by atoms with Gasteiger partial charge in [0.2, 0.25) is 0 Å². The Morgan fingerprint density at radius 1 is 1.08 bits per heavy atom. The Balaban J connectivity index is 1.43. The third kappa shape index (κ3) is 5.19. The molecule has 0 atom stereocenters. The van der Waals surface area contributed by atoms with E-state index in [-0.39, 0.29) is 6.03 Å². The number of rotatable bonds is 5. The number of urea groups is 1. The molecule has 132 valence electrons. The highest BCUT2D eigenvalue weighted by atomic mass is 35.5. The van der Waals surface area contributed by atoms with Gasteiger partial charge in [0.05, 0.1) is 19.8 Å². The van der Waals surface area contributed by atoms with Crippen LogP contribution in [0, 0.1) is 0 Å². The molecular weight excluding hydrogens is 344 g/mol. The molecule has 1 aliphatic heterocycles. The Bertz CT molecular complexity index is 722. The van der Waals surface area contributed by atoms with Crippen molar-refractivity contribution < 1.29 is 19.0 Å². The molecule has 0 fully saturated rings. The zero-order valence-electron chi connectivity index (χ0n) is 13.6. The van der Waals surface area contributed by atoms with Gasteiger partial charge in [0.15, 0.2) is 11.5 Å². The van der Waals surface area contributed by atoms with Gasteiger partial charge >= 0.3 is 6.03 Å².